The lowest BCUT2D eigenvalue weighted by molar-refractivity contribution is 0.313. The van der Waals surface area contributed by atoms with E-state index in [1.165, 1.54) is 4.68 Å². The first-order valence-electron chi connectivity index (χ1n) is 5.69. The smallest absolute Gasteiger partial charge is 0.165 e. The maximum Gasteiger partial charge on any atom is 0.165 e. The monoisotopic (exact) mass is 285 g/mol. The fraction of sp³-hybridized carbons (Fsp3) is 0.250. The fourth-order valence-electron chi connectivity index (χ4n) is 1.69. The number of aromatic nitrogens is 2. The van der Waals surface area contributed by atoms with Crippen LogP contribution in [0.15, 0.2) is 24.4 Å². The van der Waals surface area contributed by atoms with Crippen molar-refractivity contribution >= 4 is 18.6 Å². The standard InChI is InChI=1S/C12H13F2N3OS/c1-2-18-12-8(9(13)3-4-10(12)14)7-17-6-5-11(15-17)16-19/h3-6,19H,2,7H2,1H3,(H,15,16). The molecule has 0 aliphatic rings. The molecule has 0 bridgehead atoms. The highest BCUT2D eigenvalue weighted by Crippen LogP contribution is 2.26. The van der Waals surface area contributed by atoms with Gasteiger partial charge in [0.1, 0.15) is 5.82 Å². The quantitative estimate of drug-likeness (QED) is 0.830. The minimum absolute atomic E-state index is 0.0709. The molecule has 19 heavy (non-hydrogen) atoms. The summed E-state index contributed by atoms with van der Waals surface area (Å²) in [7, 11) is 0. The van der Waals surface area contributed by atoms with E-state index in [0.717, 1.165) is 12.1 Å². The van der Waals surface area contributed by atoms with Crippen LogP contribution in [0.2, 0.25) is 0 Å². The molecular weight excluding hydrogens is 272 g/mol. The van der Waals surface area contributed by atoms with E-state index >= 15 is 0 Å². The third-order valence-corrected chi connectivity index (χ3v) is 2.75. The van der Waals surface area contributed by atoms with Gasteiger partial charge < -0.3 is 9.46 Å². The summed E-state index contributed by atoms with van der Waals surface area (Å²) >= 11 is 3.86. The molecule has 2 aromatic rings. The number of thiol groups is 1. The average Bonchev–Trinajstić information content (AvgIpc) is 2.86. The molecule has 0 aliphatic heterocycles. The molecular formula is C12H13F2N3OS. The third-order valence-electron chi connectivity index (χ3n) is 2.52. The van der Waals surface area contributed by atoms with E-state index in [4.69, 9.17) is 4.74 Å². The van der Waals surface area contributed by atoms with E-state index < -0.39 is 11.6 Å². The molecule has 0 spiro atoms. The Labute approximate surface area is 114 Å². The van der Waals surface area contributed by atoms with Crippen LogP contribution in [-0.4, -0.2) is 16.4 Å². The molecule has 4 nitrogen and oxygen atoms in total. The van der Waals surface area contributed by atoms with Gasteiger partial charge in [-0.15, -0.1) is 0 Å². The molecule has 1 aromatic heterocycles. The maximum atomic E-state index is 13.8. The Morgan fingerprint density at radius 1 is 1.32 bits per heavy atom. The van der Waals surface area contributed by atoms with Gasteiger partial charge in [0.05, 0.1) is 18.7 Å². The van der Waals surface area contributed by atoms with Gasteiger partial charge in [0.25, 0.3) is 0 Å². The third kappa shape index (κ3) is 2.98. The Kier molecular flexibility index (Phi) is 4.26. The van der Waals surface area contributed by atoms with Crippen molar-refractivity contribution in [3.8, 4) is 5.75 Å². The first-order valence-corrected chi connectivity index (χ1v) is 6.13. The molecule has 0 radical (unpaired) electrons. The zero-order chi connectivity index (χ0) is 13.8. The van der Waals surface area contributed by atoms with Crippen molar-refractivity contribution in [1.29, 1.82) is 0 Å². The van der Waals surface area contributed by atoms with Crippen LogP contribution in [0.1, 0.15) is 12.5 Å². The SMILES string of the molecule is CCOc1c(F)ccc(F)c1Cn1ccc(NS)n1. The van der Waals surface area contributed by atoms with E-state index in [1.807, 2.05) is 0 Å². The van der Waals surface area contributed by atoms with E-state index in [1.54, 1.807) is 19.2 Å². The second kappa shape index (κ2) is 5.92. The minimum atomic E-state index is -0.585. The van der Waals surface area contributed by atoms with Crippen molar-refractivity contribution in [2.75, 3.05) is 11.3 Å². The number of hydrogen-bond donors (Lipinski definition) is 2. The molecule has 0 saturated carbocycles. The predicted octanol–water partition coefficient (Wildman–Crippen LogP) is 2.87. The summed E-state index contributed by atoms with van der Waals surface area (Å²) < 4.78 is 36.7. The second-order valence-electron chi connectivity index (χ2n) is 3.78. The number of anilines is 1. The average molecular weight is 285 g/mol. The molecule has 0 amide bonds. The maximum absolute atomic E-state index is 13.8. The fourth-order valence-corrected chi connectivity index (χ4v) is 1.81. The molecule has 0 fully saturated rings. The summed E-state index contributed by atoms with van der Waals surface area (Å²) in [6.07, 6.45) is 1.64. The molecule has 1 heterocycles. The van der Waals surface area contributed by atoms with Gasteiger partial charge in [0.2, 0.25) is 0 Å². The lowest BCUT2D eigenvalue weighted by atomic mass is 10.1. The Hall–Kier alpha value is -1.76. The van der Waals surface area contributed by atoms with Gasteiger partial charge in [-0.05, 0) is 19.1 Å². The number of nitrogens with one attached hydrogen (secondary N) is 1. The molecule has 102 valence electrons. The van der Waals surface area contributed by atoms with Crippen molar-refractivity contribution in [3.63, 3.8) is 0 Å². The molecule has 1 aromatic carbocycles. The Balaban J connectivity index is 2.35. The van der Waals surface area contributed by atoms with Crippen molar-refractivity contribution < 1.29 is 13.5 Å². The highest BCUT2D eigenvalue weighted by molar-refractivity contribution is 7.81. The Bertz CT molecular complexity index is 574. The largest absolute Gasteiger partial charge is 0.490 e. The molecule has 0 aliphatic carbocycles. The first-order chi connectivity index (χ1) is 9.15. The molecule has 1 N–H and O–H groups in total. The zero-order valence-electron chi connectivity index (χ0n) is 10.2. The molecule has 0 unspecified atom stereocenters. The van der Waals surface area contributed by atoms with Crippen LogP contribution in [0.3, 0.4) is 0 Å². The van der Waals surface area contributed by atoms with Crippen LogP contribution in [0.4, 0.5) is 14.6 Å². The highest BCUT2D eigenvalue weighted by Gasteiger charge is 2.16. The van der Waals surface area contributed by atoms with E-state index in [9.17, 15) is 8.78 Å². The molecule has 2 rings (SSSR count). The van der Waals surface area contributed by atoms with Crippen molar-refractivity contribution in [1.82, 2.24) is 9.78 Å². The van der Waals surface area contributed by atoms with Gasteiger partial charge in [-0.2, -0.15) is 5.10 Å². The van der Waals surface area contributed by atoms with Gasteiger partial charge in [0.15, 0.2) is 17.4 Å². The van der Waals surface area contributed by atoms with E-state index in [-0.39, 0.29) is 24.5 Å². The van der Waals surface area contributed by atoms with Crippen LogP contribution in [0, 0.1) is 11.6 Å². The summed E-state index contributed by atoms with van der Waals surface area (Å²) in [5, 5.41) is 4.08. The second-order valence-corrected chi connectivity index (χ2v) is 4.00. The highest BCUT2D eigenvalue weighted by atomic mass is 32.1. The van der Waals surface area contributed by atoms with Gasteiger partial charge >= 0.3 is 0 Å². The van der Waals surface area contributed by atoms with Crippen LogP contribution < -0.4 is 9.46 Å². The summed E-state index contributed by atoms with van der Waals surface area (Å²) in [5.41, 5.74) is 0.135. The van der Waals surface area contributed by atoms with Crippen LogP contribution in [0.5, 0.6) is 5.75 Å². The van der Waals surface area contributed by atoms with Crippen molar-refractivity contribution in [2.45, 2.75) is 13.5 Å². The molecule has 7 heteroatoms. The summed E-state index contributed by atoms with van der Waals surface area (Å²) in [4.78, 5) is 0. The Morgan fingerprint density at radius 2 is 2.05 bits per heavy atom. The van der Waals surface area contributed by atoms with Gasteiger partial charge in [-0.3, -0.25) is 4.68 Å². The zero-order valence-corrected chi connectivity index (χ0v) is 11.1. The van der Waals surface area contributed by atoms with E-state index in [0.29, 0.717) is 5.82 Å². The number of hydrogen-bond acceptors (Lipinski definition) is 4. The topological polar surface area (TPSA) is 39.1 Å². The lowest BCUT2D eigenvalue weighted by Gasteiger charge is -2.12. The normalized spacial score (nSPS) is 10.5. The predicted molar refractivity (Wildman–Crippen MR) is 71.5 cm³/mol. The summed E-state index contributed by atoms with van der Waals surface area (Å²) in [6.45, 7) is 2.05. The van der Waals surface area contributed by atoms with Crippen LogP contribution in [-0.2, 0) is 6.54 Å². The number of rotatable bonds is 5. The number of halogens is 2. The number of ether oxygens (including phenoxy) is 1. The van der Waals surface area contributed by atoms with Crippen molar-refractivity contribution in [2.24, 2.45) is 0 Å². The van der Waals surface area contributed by atoms with E-state index in [2.05, 4.69) is 22.6 Å². The first kappa shape index (κ1) is 13.7. The van der Waals surface area contributed by atoms with Crippen molar-refractivity contribution in [3.05, 3.63) is 41.6 Å². The van der Waals surface area contributed by atoms with Crippen LogP contribution in [0.25, 0.3) is 0 Å². The van der Waals surface area contributed by atoms with Gasteiger partial charge in [0, 0.05) is 12.3 Å². The Morgan fingerprint density at radius 3 is 2.68 bits per heavy atom. The molecule has 0 saturated heterocycles. The van der Waals surface area contributed by atoms with Crippen LogP contribution >= 0.6 is 12.8 Å². The lowest BCUT2D eigenvalue weighted by Crippen LogP contribution is -2.08. The van der Waals surface area contributed by atoms with Gasteiger partial charge in [-0.1, -0.05) is 12.8 Å². The summed E-state index contributed by atoms with van der Waals surface area (Å²) in [6, 6.07) is 3.80. The molecule has 0 atom stereocenters. The minimum Gasteiger partial charge on any atom is -0.490 e. The number of nitrogens with zero attached hydrogens (tertiary/aromatic N) is 2. The number of benzene rings is 1. The summed E-state index contributed by atoms with van der Waals surface area (Å²) in [5.74, 6) is -0.657. The van der Waals surface area contributed by atoms with Gasteiger partial charge in [-0.25, -0.2) is 8.78 Å².